The van der Waals surface area contributed by atoms with Crippen molar-refractivity contribution in [2.75, 3.05) is 33.3 Å². The average molecular weight is 503 g/mol. The van der Waals surface area contributed by atoms with E-state index in [-0.39, 0.29) is 29.9 Å². The number of nitrogens with one attached hydrogen (secondary N) is 3. The molecule has 2 rings (SSSR count). The summed E-state index contributed by atoms with van der Waals surface area (Å²) in [5.74, 6) is 1.42. The predicted octanol–water partition coefficient (Wildman–Crippen LogP) is 2.35. The van der Waals surface area contributed by atoms with Crippen molar-refractivity contribution in [3.8, 4) is 5.75 Å². The molecule has 1 aromatic heterocycles. The highest BCUT2D eigenvalue weighted by molar-refractivity contribution is 14.0. The molecule has 9 heteroatoms. The molecule has 3 N–H and O–H groups in total. The van der Waals surface area contributed by atoms with Gasteiger partial charge in [0.1, 0.15) is 17.2 Å². The minimum atomic E-state index is -0.0961. The number of carbonyl (C=O) groups excluding carboxylic acids is 1. The van der Waals surface area contributed by atoms with E-state index in [2.05, 4.69) is 25.9 Å². The maximum absolute atomic E-state index is 12.0. The van der Waals surface area contributed by atoms with E-state index >= 15 is 0 Å². The first kappa shape index (κ1) is 23.2. The van der Waals surface area contributed by atoms with Gasteiger partial charge in [-0.3, -0.25) is 9.79 Å². The summed E-state index contributed by atoms with van der Waals surface area (Å²) in [4.78, 5) is 20.8. The Kier molecular flexibility index (Phi) is 10.7. The van der Waals surface area contributed by atoms with Crippen molar-refractivity contribution in [1.82, 2.24) is 20.9 Å². The fourth-order valence-corrected chi connectivity index (χ4v) is 2.87. The van der Waals surface area contributed by atoms with Crippen molar-refractivity contribution in [1.29, 1.82) is 0 Å². The van der Waals surface area contributed by atoms with Gasteiger partial charge in [-0.1, -0.05) is 17.7 Å². The zero-order valence-corrected chi connectivity index (χ0v) is 18.9. The molecule has 0 spiro atoms. The Morgan fingerprint density at radius 1 is 1.11 bits per heavy atom. The Morgan fingerprint density at radius 2 is 1.78 bits per heavy atom. The first-order chi connectivity index (χ1) is 12.6. The number of nitrogens with zero attached hydrogens (tertiary/aromatic N) is 2. The van der Waals surface area contributed by atoms with Crippen molar-refractivity contribution in [2.24, 2.45) is 4.99 Å². The van der Waals surface area contributed by atoms with Crippen LogP contribution >= 0.6 is 35.3 Å². The minimum Gasteiger partial charge on any atom is -0.492 e. The van der Waals surface area contributed by atoms with Gasteiger partial charge in [-0.05, 0) is 26.0 Å². The summed E-state index contributed by atoms with van der Waals surface area (Å²) in [6.45, 7) is 6.10. The Hall–Kier alpha value is -1.88. The number of aromatic nitrogens is 1. The number of benzene rings is 1. The summed E-state index contributed by atoms with van der Waals surface area (Å²) in [6, 6.07) is 7.95. The van der Waals surface area contributed by atoms with Crippen molar-refractivity contribution in [2.45, 2.75) is 13.8 Å². The molecule has 0 atom stereocenters. The van der Waals surface area contributed by atoms with Crippen LogP contribution in [-0.4, -0.2) is 50.1 Å². The predicted molar refractivity (Wildman–Crippen MR) is 121 cm³/mol. The highest BCUT2D eigenvalue weighted by Gasteiger charge is 2.10. The molecule has 0 aliphatic rings. The van der Waals surface area contributed by atoms with Gasteiger partial charge >= 0.3 is 0 Å². The number of guanidine groups is 1. The Morgan fingerprint density at radius 3 is 2.41 bits per heavy atom. The topological polar surface area (TPSA) is 87.6 Å². The van der Waals surface area contributed by atoms with E-state index < -0.39 is 0 Å². The Balaban J connectivity index is 0.00000364. The Bertz CT molecular complexity index is 734. The van der Waals surface area contributed by atoms with Gasteiger partial charge in [0.2, 0.25) is 0 Å². The number of amides is 1. The lowest BCUT2D eigenvalue weighted by Gasteiger charge is -2.13. The number of hydrogen-bond acceptors (Lipinski definition) is 5. The highest BCUT2D eigenvalue weighted by atomic mass is 127. The standard InChI is InChI=1S/C18H25N5O2S.HI/c1-13-4-6-15(7-5-13)25-11-10-22-18(19-3)21-9-8-20-17(24)16-14(2)23-12-26-16;/h4-7,12H,8-11H2,1-3H3,(H,20,24)(H2,19,21,22);1H. The van der Waals surface area contributed by atoms with Crippen LogP contribution in [0.3, 0.4) is 0 Å². The van der Waals surface area contributed by atoms with Gasteiger partial charge in [-0.15, -0.1) is 35.3 Å². The van der Waals surface area contributed by atoms with Crippen LogP contribution in [-0.2, 0) is 0 Å². The van der Waals surface area contributed by atoms with Gasteiger partial charge in [-0.2, -0.15) is 0 Å². The number of aryl methyl sites for hydroxylation is 2. The first-order valence-corrected chi connectivity index (χ1v) is 9.30. The molecule has 0 unspecified atom stereocenters. The van der Waals surface area contributed by atoms with E-state index in [1.807, 2.05) is 38.1 Å². The summed E-state index contributed by atoms with van der Waals surface area (Å²) >= 11 is 1.35. The SMILES string of the molecule is CN=C(NCCNC(=O)c1scnc1C)NCCOc1ccc(C)cc1.I. The summed E-state index contributed by atoms with van der Waals surface area (Å²) in [6.07, 6.45) is 0. The van der Waals surface area contributed by atoms with Crippen LogP contribution in [0.2, 0.25) is 0 Å². The normalized spacial score (nSPS) is 10.7. The van der Waals surface area contributed by atoms with Crippen LogP contribution in [0.15, 0.2) is 34.8 Å². The molecule has 0 radical (unpaired) electrons. The van der Waals surface area contributed by atoms with E-state index in [0.29, 0.717) is 37.1 Å². The molecule has 0 fully saturated rings. The van der Waals surface area contributed by atoms with Crippen molar-refractivity contribution >= 4 is 47.2 Å². The number of halogens is 1. The molecule has 0 saturated heterocycles. The van der Waals surface area contributed by atoms with Crippen LogP contribution in [0, 0.1) is 13.8 Å². The zero-order valence-electron chi connectivity index (χ0n) is 15.7. The monoisotopic (exact) mass is 503 g/mol. The second-order valence-corrected chi connectivity index (χ2v) is 6.46. The maximum Gasteiger partial charge on any atom is 0.263 e. The molecule has 0 aliphatic carbocycles. The molecular formula is C18H26IN5O2S. The average Bonchev–Trinajstić information content (AvgIpc) is 3.07. The molecule has 0 bridgehead atoms. The van der Waals surface area contributed by atoms with Crippen LogP contribution in [0.5, 0.6) is 5.75 Å². The summed E-state index contributed by atoms with van der Waals surface area (Å²) in [5.41, 5.74) is 3.64. The molecule has 1 heterocycles. The fourth-order valence-electron chi connectivity index (χ4n) is 2.15. The third-order valence-electron chi connectivity index (χ3n) is 3.56. The van der Waals surface area contributed by atoms with Crippen LogP contribution in [0.25, 0.3) is 0 Å². The third kappa shape index (κ3) is 8.12. The molecular weight excluding hydrogens is 477 g/mol. The van der Waals surface area contributed by atoms with Crippen molar-refractivity contribution < 1.29 is 9.53 Å². The maximum atomic E-state index is 12.0. The van der Waals surface area contributed by atoms with Gasteiger partial charge in [0.05, 0.1) is 17.7 Å². The molecule has 2 aromatic rings. The second kappa shape index (κ2) is 12.5. The molecule has 1 aromatic carbocycles. The van der Waals surface area contributed by atoms with E-state index in [9.17, 15) is 4.79 Å². The van der Waals surface area contributed by atoms with E-state index in [1.54, 1.807) is 12.6 Å². The minimum absolute atomic E-state index is 0. The Labute approximate surface area is 181 Å². The number of hydrogen-bond donors (Lipinski definition) is 3. The van der Waals surface area contributed by atoms with Gasteiger partial charge in [0.25, 0.3) is 5.91 Å². The third-order valence-corrected chi connectivity index (χ3v) is 4.49. The van der Waals surface area contributed by atoms with Crippen LogP contribution in [0.1, 0.15) is 20.9 Å². The van der Waals surface area contributed by atoms with Crippen LogP contribution < -0.4 is 20.7 Å². The lowest BCUT2D eigenvalue weighted by molar-refractivity contribution is 0.0957. The van der Waals surface area contributed by atoms with E-state index in [4.69, 9.17) is 4.74 Å². The van der Waals surface area contributed by atoms with Crippen molar-refractivity contribution in [3.05, 3.63) is 45.9 Å². The van der Waals surface area contributed by atoms with E-state index in [1.165, 1.54) is 16.9 Å². The van der Waals surface area contributed by atoms with Gasteiger partial charge in [-0.25, -0.2) is 4.98 Å². The molecule has 1 amide bonds. The van der Waals surface area contributed by atoms with Gasteiger partial charge < -0.3 is 20.7 Å². The number of rotatable bonds is 8. The molecule has 148 valence electrons. The lowest BCUT2D eigenvalue weighted by Crippen LogP contribution is -2.42. The number of carbonyl (C=O) groups is 1. The van der Waals surface area contributed by atoms with E-state index in [0.717, 1.165) is 11.4 Å². The highest BCUT2D eigenvalue weighted by Crippen LogP contribution is 2.11. The number of ether oxygens (including phenoxy) is 1. The van der Waals surface area contributed by atoms with Gasteiger partial charge in [0, 0.05) is 20.1 Å². The lowest BCUT2D eigenvalue weighted by atomic mass is 10.2. The van der Waals surface area contributed by atoms with Crippen LogP contribution in [0.4, 0.5) is 0 Å². The molecule has 7 nitrogen and oxygen atoms in total. The fraction of sp³-hybridized carbons (Fsp3) is 0.389. The zero-order chi connectivity index (χ0) is 18.8. The second-order valence-electron chi connectivity index (χ2n) is 5.61. The first-order valence-electron chi connectivity index (χ1n) is 8.42. The number of aliphatic imine (C=N–C) groups is 1. The van der Waals surface area contributed by atoms with Gasteiger partial charge in [0.15, 0.2) is 5.96 Å². The quantitative estimate of drug-likeness (QED) is 0.223. The van der Waals surface area contributed by atoms with Crippen molar-refractivity contribution in [3.63, 3.8) is 0 Å². The summed E-state index contributed by atoms with van der Waals surface area (Å²) < 4.78 is 5.66. The number of thiazole rings is 1. The molecule has 0 aliphatic heterocycles. The smallest absolute Gasteiger partial charge is 0.263 e. The largest absolute Gasteiger partial charge is 0.492 e. The molecule has 27 heavy (non-hydrogen) atoms. The summed E-state index contributed by atoms with van der Waals surface area (Å²) in [5, 5.41) is 9.18. The molecule has 0 saturated carbocycles. The summed E-state index contributed by atoms with van der Waals surface area (Å²) in [7, 11) is 1.70.